The number of benzene rings is 1. The van der Waals surface area contributed by atoms with E-state index >= 15 is 0 Å². The number of rotatable bonds is 4. The second-order valence-corrected chi connectivity index (χ2v) is 5.77. The highest BCUT2D eigenvalue weighted by atomic mass is 19.3. The van der Waals surface area contributed by atoms with E-state index in [0.717, 1.165) is 11.0 Å². The molecule has 136 valence electrons. The number of guanidine groups is 1. The Morgan fingerprint density at radius 2 is 1.92 bits per heavy atom. The highest BCUT2D eigenvalue weighted by Crippen LogP contribution is 2.40. The first-order valence-electron chi connectivity index (χ1n) is 7.57. The van der Waals surface area contributed by atoms with Gasteiger partial charge in [0.05, 0.1) is 0 Å². The molecule has 1 aliphatic rings. The molecule has 3 rings (SSSR count). The largest absolute Gasteiger partial charge is 0.435 e. The molecule has 1 unspecified atom stereocenters. The van der Waals surface area contributed by atoms with Gasteiger partial charge in [0.15, 0.2) is 11.5 Å². The molecule has 0 saturated carbocycles. The van der Waals surface area contributed by atoms with Crippen LogP contribution in [0.15, 0.2) is 41.5 Å². The summed E-state index contributed by atoms with van der Waals surface area (Å²) in [4.78, 5) is 21.9. The smallest absolute Gasteiger partial charge is 0.387 e. The third kappa shape index (κ3) is 2.75. The molecule has 9 heteroatoms. The fourth-order valence-electron chi connectivity index (χ4n) is 2.91. The Balaban J connectivity index is 2.21. The van der Waals surface area contributed by atoms with Crippen LogP contribution in [0.5, 0.6) is 5.75 Å². The molecule has 1 amide bonds. The minimum Gasteiger partial charge on any atom is -0.435 e. The molecule has 26 heavy (non-hydrogen) atoms. The molecule has 0 saturated heterocycles. The fraction of sp³-hybridized carbons (Fsp3) is 0.235. The SMILES string of the molecule is Cc1cc(C2(c3ccnc(F)c3)N=C(N)N(C)C2=O)ccc1OC(F)F. The van der Waals surface area contributed by atoms with Crippen molar-refractivity contribution in [2.24, 2.45) is 10.7 Å². The van der Waals surface area contributed by atoms with Gasteiger partial charge in [0.25, 0.3) is 5.91 Å². The zero-order valence-corrected chi connectivity index (χ0v) is 13.9. The lowest BCUT2D eigenvalue weighted by Crippen LogP contribution is -2.41. The Hall–Kier alpha value is -3.10. The van der Waals surface area contributed by atoms with E-state index in [9.17, 15) is 18.0 Å². The predicted molar refractivity (Wildman–Crippen MR) is 87.2 cm³/mol. The van der Waals surface area contributed by atoms with Crippen molar-refractivity contribution in [3.05, 3.63) is 59.2 Å². The lowest BCUT2D eigenvalue weighted by molar-refractivity contribution is -0.129. The number of ether oxygens (including phenoxy) is 1. The van der Waals surface area contributed by atoms with Crippen LogP contribution < -0.4 is 10.5 Å². The number of aryl methyl sites for hydroxylation is 1. The van der Waals surface area contributed by atoms with Crippen molar-refractivity contribution in [3.63, 3.8) is 0 Å². The minimum atomic E-state index is -2.98. The van der Waals surface area contributed by atoms with Crippen molar-refractivity contribution in [2.75, 3.05) is 7.05 Å². The summed E-state index contributed by atoms with van der Waals surface area (Å²) in [6.45, 7) is -1.42. The first kappa shape index (κ1) is 17.7. The average molecular weight is 364 g/mol. The third-order valence-electron chi connectivity index (χ3n) is 4.19. The fourth-order valence-corrected chi connectivity index (χ4v) is 2.91. The number of pyridine rings is 1. The molecule has 0 fully saturated rings. The van der Waals surface area contributed by atoms with Gasteiger partial charge >= 0.3 is 6.61 Å². The molecule has 1 aliphatic heterocycles. The summed E-state index contributed by atoms with van der Waals surface area (Å²) in [6, 6.07) is 6.77. The topological polar surface area (TPSA) is 80.8 Å². The number of nitrogens with two attached hydrogens (primary N) is 1. The van der Waals surface area contributed by atoms with Crippen LogP contribution in [-0.2, 0) is 10.3 Å². The van der Waals surface area contributed by atoms with E-state index in [2.05, 4.69) is 14.7 Å². The monoisotopic (exact) mass is 364 g/mol. The van der Waals surface area contributed by atoms with Crippen molar-refractivity contribution in [1.29, 1.82) is 0 Å². The quantitative estimate of drug-likeness (QED) is 0.843. The van der Waals surface area contributed by atoms with Gasteiger partial charge in [0.1, 0.15) is 5.75 Å². The maximum atomic E-state index is 13.7. The van der Waals surface area contributed by atoms with Crippen LogP contribution in [0.25, 0.3) is 0 Å². The molecule has 1 aromatic heterocycles. The van der Waals surface area contributed by atoms with Crippen LogP contribution in [-0.4, -0.2) is 35.4 Å². The van der Waals surface area contributed by atoms with E-state index in [4.69, 9.17) is 5.73 Å². The first-order valence-corrected chi connectivity index (χ1v) is 7.57. The number of aliphatic imine (C=N–C) groups is 1. The second kappa shape index (κ2) is 6.32. The predicted octanol–water partition coefficient (Wildman–Crippen LogP) is 2.16. The number of hydrogen-bond donors (Lipinski definition) is 1. The lowest BCUT2D eigenvalue weighted by Gasteiger charge is -2.26. The van der Waals surface area contributed by atoms with E-state index in [1.54, 1.807) is 6.92 Å². The van der Waals surface area contributed by atoms with Gasteiger partial charge in [0.2, 0.25) is 5.95 Å². The molecule has 1 atom stereocenters. The number of carbonyl (C=O) groups excluding carboxylic acids is 1. The van der Waals surface area contributed by atoms with Crippen LogP contribution in [0.4, 0.5) is 13.2 Å². The standard InChI is InChI=1S/C17H15F3N4O2/c1-9-7-10(3-4-12(9)26-15(19)20)17(11-5-6-22-13(18)8-11)14(25)24(2)16(21)23-17/h3-8,15H,1-2H3,(H2,21,23). The average Bonchev–Trinajstić information content (AvgIpc) is 2.81. The van der Waals surface area contributed by atoms with Gasteiger partial charge in [-0.15, -0.1) is 0 Å². The number of carbonyl (C=O) groups is 1. The van der Waals surface area contributed by atoms with E-state index in [0.29, 0.717) is 11.1 Å². The number of aromatic nitrogens is 1. The van der Waals surface area contributed by atoms with Crippen LogP contribution in [0.3, 0.4) is 0 Å². The zero-order valence-electron chi connectivity index (χ0n) is 13.9. The molecule has 0 radical (unpaired) electrons. The van der Waals surface area contributed by atoms with Crippen LogP contribution >= 0.6 is 0 Å². The molecule has 0 aliphatic carbocycles. The molecule has 6 nitrogen and oxygen atoms in total. The van der Waals surface area contributed by atoms with Gasteiger partial charge in [0, 0.05) is 13.2 Å². The van der Waals surface area contributed by atoms with E-state index in [1.807, 2.05) is 0 Å². The normalized spacial score (nSPS) is 19.8. The summed E-state index contributed by atoms with van der Waals surface area (Å²) in [5.74, 6) is -1.36. The highest BCUT2D eigenvalue weighted by Gasteiger charge is 2.49. The first-order chi connectivity index (χ1) is 12.3. The number of hydrogen-bond acceptors (Lipinski definition) is 5. The Morgan fingerprint density at radius 3 is 2.46 bits per heavy atom. The molecular formula is C17H15F3N4O2. The zero-order chi connectivity index (χ0) is 19.1. The number of likely N-dealkylation sites (N-methyl/N-ethyl adjacent to an activating group) is 1. The minimum absolute atomic E-state index is 0.0319. The van der Waals surface area contributed by atoms with Crippen LogP contribution in [0.2, 0.25) is 0 Å². The Kier molecular flexibility index (Phi) is 4.31. The van der Waals surface area contributed by atoms with Crippen LogP contribution in [0.1, 0.15) is 16.7 Å². The number of amides is 1. The summed E-state index contributed by atoms with van der Waals surface area (Å²) in [5.41, 5.74) is 5.13. The summed E-state index contributed by atoms with van der Waals surface area (Å²) >= 11 is 0. The van der Waals surface area contributed by atoms with Crippen molar-refractivity contribution >= 4 is 11.9 Å². The Morgan fingerprint density at radius 1 is 1.23 bits per heavy atom. The molecule has 2 N–H and O–H groups in total. The van der Waals surface area contributed by atoms with Crippen molar-refractivity contribution < 1.29 is 22.7 Å². The molecule has 0 spiro atoms. The van der Waals surface area contributed by atoms with Gasteiger partial charge in [-0.25, -0.2) is 9.98 Å². The lowest BCUT2D eigenvalue weighted by atomic mass is 9.82. The number of nitrogens with zero attached hydrogens (tertiary/aromatic N) is 3. The van der Waals surface area contributed by atoms with Crippen molar-refractivity contribution in [2.45, 2.75) is 19.1 Å². The molecule has 2 heterocycles. The van der Waals surface area contributed by atoms with Gasteiger partial charge in [-0.1, -0.05) is 6.07 Å². The van der Waals surface area contributed by atoms with Gasteiger partial charge in [-0.3, -0.25) is 9.69 Å². The molecule has 2 aromatic rings. The van der Waals surface area contributed by atoms with E-state index < -0.39 is 24.0 Å². The number of halogens is 3. The third-order valence-corrected chi connectivity index (χ3v) is 4.19. The second-order valence-electron chi connectivity index (χ2n) is 5.77. The number of alkyl halides is 2. The van der Waals surface area contributed by atoms with Crippen molar-refractivity contribution in [1.82, 2.24) is 9.88 Å². The van der Waals surface area contributed by atoms with Crippen LogP contribution in [0, 0.1) is 12.9 Å². The Labute approximate surface area is 147 Å². The summed E-state index contributed by atoms with van der Waals surface area (Å²) < 4.78 is 43.1. The summed E-state index contributed by atoms with van der Waals surface area (Å²) in [7, 11) is 1.45. The van der Waals surface area contributed by atoms with Crippen molar-refractivity contribution in [3.8, 4) is 5.75 Å². The molecule has 0 bridgehead atoms. The maximum absolute atomic E-state index is 13.7. The summed E-state index contributed by atoms with van der Waals surface area (Å²) in [5, 5.41) is 0. The van der Waals surface area contributed by atoms with E-state index in [1.165, 1.54) is 37.5 Å². The highest BCUT2D eigenvalue weighted by molar-refractivity contribution is 6.08. The van der Waals surface area contributed by atoms with Gasteiger partial charge in [-0.05, 0) is 47.9 Å². The Bertz CT molecular complexity index is 903. The van der Waals surface area contributed by atoms with E-state index in [-0.39, 0.29) is 17.3 Å². The molecular weight excluding hydrogens is 349 g/mol. The molecule has 1 aromatic carbocycles. The van der Waals surface area contributed by atoms with Gasteiger partial charge < -0.3 is 10.5 Å². The maximum Gasteiger partial charge on any atom is 0.387 e. The van der Waals surface area contributed by atoms with Gasteiger partial charge in [-0.2, -0.15) is 13.2 Å². The summed E-state index contributed by atoms with van der Waals surface area (Å²) in [6.07, 6.45) is 1.21.